The lowest BCUT2D eigenvalue weighted by atomic mass is 9.44. The summed E-state index contributed by atoms with van der Waals surface area (Å²) in [5, 5.41) is 51.3. The van der Waals surface area contributed by atoms with Crippen LogP contribution < -0.4 is 0 Å². The summed E-state index contributed by atoms with van der Waals surface area (Å²) >= 11 is 0. The van der Waals surface area contributed by atoms with E-state index in [1.807, 2.05) is 26.8 Å². The van der Waals surface area contributed by atoms with Gasteiger partial charge in [0.2, 0.25) is 6.29 Å². The third kappa shape index (κ3) is 4.01. The molecule has 3 fully saturated rings. The molecule has 0 amide bonds. The highest BCUT2D eigenvalue weighted by molar-refractivity contribution is 5.97. The molecule has 9 heteroatoms. The van der Waals surface area contributed by atoms with E-state index in [4.69, 9.17) is 9.47 Å². The molecule has 3 aliphatic carbocycles. The summed E-state index contributed by atoms with van der Waals surface area (Å²) < 4.78 is 11.1. The summed E-state index contributed by atoms with van der Waals surface area (Å²) in [5.74, 6) is -2.43. The fraction of sp³-hybridized carbons (Fsp3) is 0.769. The summed E-state index contributed by atoms with van der Waals surface area (Å²) in [7, 11) is 0. The number of carbonyl (C=O) groups excluding carboxylic acids is 2. The maximum absolute atomic E-state index is 14.1. The van der Waals surface area contributed by atoms with E-state index in [0.717, 1.165) is 0 Å². The van der Waals surface area contributed by atoms with Crippen molar-refractivity contribution in [1.82, 2.24) is 0 Å². The van der Waals surface area contributed by atoms with Gasteiger partial charge in [-0.3, -0.25) is 9.59 Å². The average molecular weight is 495 g/mol. The second-order valence-corrected chi connectivity index (χ2v) is 11.7. The Morgan fingerprint density at radius 2 is 1.83 bits per heavy atom. The third-order valence-electron chi connectivity index (χ3n) is 8.99. The number of aliphatic hydroxyl groups excluding tert-OH is 5. The summed E-state index contributed by atoms with van der Waals surface area (Å²) in [4.78, 5) is 27.8. The molecule has 5 unspecified atom stereocenters. The van der Waals surface area contributed by atoms with E-state index in [9.17, 15) is 35.1 Å². The van der Waals surface area contributed by atoms with Gasteiger partial charge in [-0.1, -0.05) is 39.3 Å². The molecule has 196 valence electrons. The highest BCUT2D eigenvalue weighted by Crippen LogP contribution is 2.63. The van der Waals surface area contributed by atoms with E-state index in [1.165, 1.54) is 0 Å². The lowest BCUT2D eigenvalue weighted by molar-refractivity contribution is -0.298. The van der Waals surface area contributed by atoms with Gasteiger partial charge in [-0.2, -0.15) is 0 Å². The molecule has 2 saturated carbocycles. The Balaban J connectivity index is 1.77. The van der Waals surface area contributed by atoms with Crippen LogP contribution in [0.15, 0.2) is 24.3 Å². The molecule has 0 aromatic heterocycles. The molecular weight excluding hydrogens is 456 g/mol. The number of ketones is 1. The Morgan fingerprint density at radius 1 is 1.14 bits per heavy atom. The molecule has 0 radical (unpaired) electrons. The molecule has 0 aromatic carbocycles. The number of hydrogen-bond donors (Lipinski definition) is 5. The van der Waals surface area contributed by atoms with Gasteiger partial charge in [-0.15, -0.1) is 6.58 Å². The largest absolute Gasteiger partial charge is 0.432 e. The minimum Gasteiger partial charge on any atom is -0.432 e. The first-order valence-electron chi connectivity index (χ1n) is 12.4. The van der Waals surface area contributed by atoms with Crippen molar-refractivity contribution in [2.45, 2.75) is 89.7 Å². The lowest BCUT2D eigenvalue weighted by Gasteiger charge is -2.59. The van der Waals surface area contributed by atoms with E-state index < -0.39 is 83.3 Å². The van der Waals surface area contributed by atoms with E-state index in [1.54, 1.807) is 6.08 Å². The van der Waals surface area contributed by atoms with Gasteiger partial charge >= 0.3 is 5.97 Å². The van der Waals surface area contributed by atoms with Crippen LogP contribution in [0, 0.1) is 28.1 Å². The first kappa shape index (κ1) is 26.4. The molecule has 1 aliphatic heterocycles. The van der Waals surface area contributed by atoms with Crippen LogP contribution in [0.1, 0.15) is 52.9 Å². The van der Waals surface area contributed by atoms with Crippen LogP contribution in [-0.2, 0) is 19.1 Å². The van der Waals surface area contributed by atoms with Gasteiger partial charge in [0, 0.05) is 11.3 Å². The van der Waals surface area contributed by atoms with Crippen molar-refractivity contribution in [3.05, 3.63) is 24.3 Å². The molecule has 35 heavy (non-hydrogen) atoms. The van der Waals surface area contributed by atoms with E-state index in [-0.39, 0.29) is 0 Å². The average Bonchev–Trinajstić information content (AvgIpc) is 2.82. The monoisotopic (exact) mass is 494 g/mol. The molecule has 0 bridgehead atoms. The number of hydrogen-bond acceptors (Lipinski definition) is 9. The molecule has 9 nitrogen and oxygen atoms in total. The van der Waals surface area contributed by atoms with Crippen LogP contribution in [-0.4, -0.2) is 80.7 Å². The zero-order valence-electron chi connectivity index (χ0n) is 20.6. The number of aliphatic hydroxyl groups is 5. The van der Waals surface area contributed by atoms with Crippen LogP contribution in [0.25, 0.3) is 0 Å². The highest BCUT2D eigenvalue weighted by atomic mass is 16.7. The van der Waals surface area contributed by atoms with Crippen molar-refractivity contribution in [2.75, 3.05) is 6.61 Å². The van der Waals surface area contributed by atoms with Crippen LogP contribution >= 0.6 is 0 Å². The predicted octanol–water partition coefficient (Wildman–Crippen LogP) is 0.614. The van der Waals surface area contributed by atoms with Gasteiger partial charge in [0.15, 0.2) is 5.78 Å². The van der Waals surface area contributed by atoms with Crippen LogP contribution in [0.3, 0.4) is 0 Å². The number of allylic oxidation sites excluding steroid dienone is 2. The summed E-state index contributed by atoms with van der Waals surface area (Å²) in [6.07, 6.45) is -2.62. The number of ether oxygens (including phenoxy) is 2. The molecule has 5 N–H and O–H groups in total. The zero-order valence-corrected chi connectivity index (χ0v) is 20.6. The number of esters is 1. The zero-order chi connectivity index (χ0) is 25.9. The molecular formula is C26H38O9. The van der Waals surface area contributed by atoms with Gasteiger partial charge in [0.05, 0.1) is 12.0 Å². The Morgan fingerprint density at radius 3 is 2.46 bits per heavy atom. The minimum atomic E-state index is -1.74. The van der Waals surface area contributed by atoms with E-state index in [0.29, 0.717) is 37.7 Å². The summed E-state index contributed by atoms with van der Waals surface area (Å²) in [6.45, 7) is 9.05. The fourth-order valence-electron chi connectivity index (χ4n) is 7.06. The van der Waals surface area contributed by atoms with Crippen molar-refractivity contribution in [2.24, 2.45) is 28.1 Å². The lowest BCUT2D eigenvalue weighted by Crippen LogP contribution is -2.65. The second-order valence-electron chi connectivity index (χ2n) is 11.7. The predicted molar refractivity (Wildman–Crippen MR) is 124 cm³/mol. The van der Waals surface area contributed by atoms with Gasteiger partial charge in [-0.25, -0.2) is 0 Å². The molecule has 10 atom stereocenters. The van der Waals surface area contributed by atoms with Crippen molar-refractivity contribution < 1.29 is 44.6 Å². The number of fused-ring (bicyclic) bond motifs is 3. The minimum absolute atomic E-state index is 0.364. The first-order valence-corrected chi connectivity index (χ1v) is 12.4. The van der Waals surface area contributed by atoms with Crippen molar-refractivity contribution in [1.29, 1.82) is 0 Å². The fourth-order valence-corrected chi connectivity index (χ4v) is 7.06. The number of rotatable bonds is 4. The standard InChI is InChI=1S/C26H38O9/c1-5-25(4)10-7-14-13(11-25)16(28)19(31)21-24(2,3)8-6-9-26(14,21)23(33)35-22-20(32)18(30)17(29)15(12-27)34-22/h5,11,14-18,20-22,27-30,32H,1,6-10,12H2,2-4H3/t14?,15-,16?,17-,18+,20-,21?,22+,25?,26?/m1/s1. The van der Waals surface area contributed by atoms with Gasteiger partial charge in [0.25, 0.3) is 0 Å². The van der Waals surface area contributed by atoms with Gasteiger partial charge in [0.1, 0.15) is 30.5 Å². The quantitative estimate of drug-likeness (QED) is 0.279. The maximum atomic E-state index is 14.1. The Labute approximate surface area is 205 Å². The Hall–Kier alpha value is -1.62. The van der Waals surface area contributed by atoms with E-state index in [2.05, 4.69) is 6.58 Å². The first-order chi connectivity index (χ1) is 16.3. The van der Waals surface area contributed by atoms with Crippen LogP contribution in [0.5, 0.6) is 0 Å². The summed E-state index contributed by atoms with van der Waals surface area (Å²) in [6, 6.07) is 0. The second kappa shape index (κ2) is 9.04. The van der Waals surface area contributed by atoms with Crippen LogP contribution in [0.4, 0.5) is 0 Å². The number of Topliss-reactive ketones (excluding diaryl/α,β-unsaturated/α-hetero) is 1. The smallest absolute Gasteiger partial charge is 0.315 e. The topological polar surface area (TPSA) is 154 Å². The summed E-state index contributed by atoms with van der Waals surface area (Å²) in [5.41, 5.74) is -1.80. The Kier molecular flexibility index (Phi) is 6.83. The molecule has 4 rings (SSSR count). The van der Waals surface area contributed by atoms with Crippen LogP contribution in [0.2, 0.25) is 0 Å². The molecule has 1 heterocycles. The maximum Gasteiger partial charge on any atom is 0.315 e. The van der Waals surface area contributed by atoms with Crippen molar-refractivity contribution >= 4 is 11.8 Å². The molecule has 1 saturated heterocycles. The van der Waals surface area contributed by atoms with Gasteiger partial charge in [-0.05, 0) is 42.6 Å². The van der Waals surface area contributed by atoms with E-state index >= 15 is 0 Å². The highest BCUT2D eigenvalue weighted by Gasteiger charge is 2.67. The molecule has 0 aromatic rings. The molecule has 0 spiro atoms. The Bertz CT molecular complexity index is 910. The van der Waals surface area contributed by atoms with Gasteiger partial charge < -0.3 is 35.0 Å². The number of carbonyl (C=O) groups is 2. The van der Waals surface area contributed by atoms with Crippen molar-refractivity contribution in [3.8, 4) is 0 Å². The molecule has 4 aliphatic rings. The third-order valence-corrected chi connectivity index (χ3v) is 8.99. The van der Waals surface area contributed by atoms with Crippen molar-refractivity contribution in [3.63, 3.8) is 0 Å². The normalized spacial score (nSPS) is 47.2. The SMILES string of the molecule is C=CC1(C)C=C2C(O)C(=O)C3C(C)(C)CCCC3(C(=O)O[C@@H]3O[C@H](CO)[C@@H](O)[C@H](O)[C@H]3O)C2CC1.